The van der Waals surface area contributed by atoms with Gasteiger partial charge in [0, 0.05) is 7.05 Å². The van der Waals surface area contributed by atoms with Gasteiger partial charge in [-0.15, -0.1) is 0 Å². The molecule has 3 aromatic rings. The molecule has 0 saturated carbocycles. The largest absolute Gasteiger partial charge is 0.455 e. The molecular formula is C22H21N3O3. The molecule has 142 valence electrons. The summed E-state index contributed by atoms with van der Waals surface area (Å²) in [5.41, 5.74) is 6.79. The molecule has 0 heterocycles. The fourth-order valence-electron chi connectivity index (χ4n) is 2.77. The number of amides is 2. The summed E-state index contributed by atoms with van der Waals surface area (Å²) < 4.78 is 5.95. The number of anilines is 2. The van der Waals surface area contributed by atoms with Crippen molar-refractivity contribution in [3.8, 4) is 11.5 Å². The average molecular weight is 375 g/mol. The maximum Gasteiger partial charge on any atom is 0.250 e. The highest BCUT2D eigenvalue weighted by molar-refractivity contribution is 6.03. The Kier molecular flexibility index (Phi) is 5.91. The van der Waals surface area contributed by atoms with E-state index in [0.717, 1.165) is 5.69 Å². The molecule has 0 saturated heterocycles. The Bertz CT molecular complexity index is 974. The number of nitrogens with two attached hydrogens (primary N) is 1. The van der Waals surface area contributed by atoms with Gasteiger partial charge in [-0.25, -0.2) is 0 Å². The second-order valence-corrected chi connectivity index (χ2v) is 6.20. The van der Waals surface area contributed by atoms with Crippen molar-refractivity contribution in [2.45, 2.75) is 0 Å². The molecule has 0 radical (unpaired) electrons. The van der Waals surface area contributed by atoms with Gasteiger partial charge in [0.2, 0.25) is 5.91 Å². The number of hydrogen-bond donors (Lipinski definition) is 2. The third kappa shape index (κ3) is 4.67. The molecule has 0 fully saturated rings. The Morgan fingerprint density at radius 3 is 2.32 bits per heavy atom. The van der Waals surface area contributed by atoms with Crippen LogP contribution in [0.4, 0.5) is 11.4 Å². The minimum atomic E-state index is -0.592. The van der Waals surface area contributed by atoms with Gasteiger partial charge in [0.05, 0.1) is 23.5 Å². The summed E-state index contributed by atoms with van der Waals surface area (Å²) in [6.45, 7) is 0.0717. The van der Waals surface area contributed by atoms with E-state index in [1.165, 1.54) is 0 Å². The normalized spacial score (nSPS) is 10.2. The average Bonchev–Trinajstić information content (AvgIpc) is 2.69. The summed E-state index contributed by atoms with van der Waals surface area (Å²) >= 11 is 0. The summed E-state index contributed by atoms with van der Waals surface area (Å²) in [6.07, 6.45) is 0. The van der Waals surface area contributed by atoms with Gasteiger partial charge in [-0.05, 0) is 36.4 Å². The molecular weight excluding hydrogens is 354 g/mol. The number of ether oxygens (including phenoxy) is 1. The minimum Gasteiger partial charge on any atom is -0.455 e. The van der Waals surface area contributed by atoms with Crippen molar-refractivity contribution >= 4 is 23.2 Å². The maximum atomic E-state index is 12.5. The first kappa shape index (κ1) is 19.0. The fourth-order valence-corrected chi connectivity index (χ4v) is 2.77. The van der Waals surface area contributed by atoms with E-state index in [4.69, 9.17) is 10.5 Å². The standard InChI is InChI=1S/C22H21N3O3/c1-25(15-21(26)24-18-12-6-5-11-17(18)22(23)27)19-13-7-8-14-20(19)28-16-9-3-2-4-10-16/h2-14H,15H2,1H3,(H2,23,27)(H,24,26). The number of carbonyl (C=O) groups excluding carboxylic acids is 2. The number of nitrogens with one attached hydrogen (secondary N) is 1. The van der Waals surface area contributed by atoms with Gasteiger partial charge in [0.25, 0.3) is 5.91 Å². The van der Waals surface area contributed by atoms with E-state index in [2.05, 4.69) is 5.32 Å². The quantitative estimate of drug-likeness (QED) is 0.660. The van der Waals surface area contributed by atoms with Crippen LogP contribution in [-0.2, 0) is 4.79 Å². The SMILES string of the molecule is CN(CC(=O)Nc1ccccc1C(N)=O)c1ccccc1Oc1ccccc1. The van der Waals surface area contributed by atoms with Gasteiger partial charge < -0.3 is 20.7 Å². The van der Waals surface area contributed by atoms with Crippen LogP contribution in [0, 0.1) is 0 Å². The molecule has 3 rings (SSSR count). The number of hydrogen-bond acceptors (Lipinski definition) is 4. The number of likely N-dealkylation sites (N-methyl/N-ethyl adjacent to an activating group) is 1. The lowest BCUT2D eigenvalue weighted by Crippen LogP contribution is -2.31. The van der Waals surface area contributed by atoms with Crippen LogP contribution >= 0.6 is 0 Å². The monoisotopic (exact) mass is 375 g/mol. The molecule has 6 heteroatoms. The number of carbonyl (C=O) groups is 2. The van der Waals surface area contributed by atoms with E-state index in [1.54, 1.807) is 36.2 Å². The number of benzene rings is 3. The molecule has 2 amide bonds. The highest BCUT2D eigenvalue weighted by atomic mass is 16.5. The topological polar surface area (TPSA) is 84.7 Å². The molecule has 0 aliphatic carbocycles. The smallest absolute Gasteiger partial charge is 0.250 e. The van der Waals surface area contributed by atoms with Crippen molar-refractivity contribution in [1.29, 1.82) is 0 Å². The molecule has 0 atom stereocenters. The zero-order valence-corrected chi connectivity index (χ0v) is 15.5. The van der Waals surface area contributed by atoms with Crippen LogP contribution in [0.5, 0.6) is 11.5 Å². The first-order valence-corrected chi connectivity index (χ1v) is 8.76. The third-order valence-corrected chi connectivity index (χ3v) is 4.09. The van der Waals surface area contributed by atoms with Crippen molar-refractivity contribution in [1.82, 2.24) is 0 Å². The van der Waals surface area contributed by atoms with E-state index in [1.807, 2.05) is 54.6 Å². The lowest BCUT2D eigenvalue weighted by atomic mass is 10.1. The van der Waals surface area contributed by atoms with Gasteiger partial charge >= 0.3 is 0 Å². The van der Waals surface area contributed by atoms with Crippen LogP contribution < -0.4 is 20.7 Å². The van der Waals surface area contributed by atoms with Gasteiger partial charge in [-0.1, -0.05) is 42.5 Å². The molecule has 28 heavy (non-hydrogen) atoms. The Morgan fingerprint density at radius 1 is 0.929 bits per heavy atom. The molecule has 0 aliphatic heterocycles. The Hall–Kier alpha value is -3.80. The second-order valence-electron chi connectivity index (χ2n) is 6.20. The molecule has 3 aromatic carbocycles. The van der Waals surface area contributed by atoms with Gasteiger partial charge in [0.15, 0.2) is 5.75 Å². The summed E-state index contributed by atoms with van der Waals surface area (Å²) in [7, 11) is 1.80. The van der Waals surface area contributed by atoms with Crippen molar-refractivity contribution in [3.63, 3.8) is 0 Å². The van der Waals surface area contributed by atoms with Crippen LogP contribution in [0.15, 0.2) is 78.9 Å². The van der Waals surface area contributed by atoms with E-state index >= 15 is 0 Å². The molecule has 0 aliphatic rings. The summed E-state index contributed by atoms with van der Waals surface area (Å²) in [6, 6.07) is 23.6. The van der Waals surface area contributed by atoms with Crippen LogP contribution in [0.3, 0.4) is 0 Å². The maximum absolute atomic E-state index is 12.5. The van der Waals surface area contributed by atoms with Crippen LogP contribution in [0.2, 0.25) is 0 Å². The molecule has 6 nitrogen and oxygen atoms in total. The number of nitrogens with zero attached hydrogens (tertiary/aromatic N) is 1. The third-order valence-electron chi connectivity index (χ3n) is 4.09. The fraction of sp³-hybridized carbons (Fsp3) is 0.0909. The lowest BCUT2D eigenvalue weighted by molar-refractivity contribution is -0.114. The second kappa shape index (κ2) is 8.73. The van der Waals surface area contributed by atoms with Gasteiger partial charge in [0.1, 0.15) is 5.75 Å². The zero-order chi connectivity index (χ0) is 19.9. The predicted molar refractivity (Wildman–Crippen MR) is 110 cm³/mol. The molecule has 0 unspecified atom stereocenters. The predicted octanol–water partition coefficient (Wildman–Crippen LogP) is 3.65. The zero-order valence-electron chi connectivity index (χ0n) is 15.5. The van der Waals surface area contributed by atoms with E-state index in [9.17, 15) is 9.59 Å². The summed E-state index contributed by atoms with van der Waals surface area (Å²) in [5, 5.41) is 2.74. The first-order valence-electron chi connectivity index (χ1n) is 8.76. The highest BCUT2D eigenvalue weighted by Gasteiger charge is 2.15. The van der Waals surface area contributed by atoms with E-state index < -0.39 is 5.91 Å². The van der Waals surface area contributed by atoms with Crippen LogP contribution in [0.25, 0.3) is 0 Å². The van der Waals surface area contributed by atoms with Crippen molar-refractivity contribution in [2.24, 2.45) is 5.73 Å². The lowest BCUT2D eigenvalue weighted by Gasteiger charge is -2.22. The van der Waals surface area contributed by atoms with Crippen LogP contribution in [-0.4, -0.2) is 25.4 Å². The van der Waals surface area contributed by atoms with E-state index in [-0.39, 0.29) is 18.0 Å². The first-order chi connectivity index (χ1) is 13.5. The van der Waals surface area contributed by atoms with Crippen molar-refractivity contribution < 1.29 is 14.3 Å². The number of para-hydroxylation sites is 4. The number of rotatable bonds is 7. The molecule has 3 N–H and O–H groups in total. The van der Waals surface area contributed by atoms with Crippen molar-refractivity contribution in [2.75, 3.05) is 23.8 Å². The summed E-state index contributed by atoms with van der Waals surface area (Å²) in [5.74, 6) is 0.487. The number of primary amides is 1. The minimum absolute atomic E-state index is 0.0717. The summed E-state index contributed by atoms with van der Waals surface area (Å²) in [4.78, 5) is 25.8. The van der Waals surface area contributed by atoms with Gasteiger partial charge in [-0.2, -0.15) is 0 Å². The van der Waals surface area contributed by atoms with Crippen LogP contribution in [0.1, 0.15) is 10.4 Å². The Morgan fingerprint density at radius 2 is 1.57 bits per heavy atom. The molecule has 0 bridgehead atoms. The molecule has 0 spiro atoms. The Balaban J connectivity index is 1.72. The van der Waals surface area contributed by atoms with Gasteiger partial charge in [-0.3, -0.25) is 9.59 Å². The molecule has 0 aromatic heterocycles. The van der Waals surface area contributed by atoms with Crippen molar-refractivity contribution in [3.05, 3.63) is 84.4 Å². The van der Waals surface area contributed by atoms with E-state index in [0.29, 0.717) is 17.2 Å². The Labute approximate surface area is 163 Å². The highest BCUT2D eigenvalue weighted by Crippen LogP contribution is 2.31.